The van der Waals surface area contributed by atoms with E-state index in [9.17, 15) is 0 Å². The topological polar surface area (TPSA) is 47.6 Å². The van der Waals surface area contributed by atoms with Crippen LogP contribution in [0.15, 0.2) is 24.3 Å². The molecule has 0 amide bonds. The quantitative estimate of drug-likeness (QED) is 0.797. The molecule has 1 aromatic carbocycles. The number of hydrogen-bond donors (Lipinski definition) is 0. The summed E-state index contributed by atoms with van der Waals surface area (Å²) >= 11 is 5.92. The van der Waals surface area contributed by atoms with Crippen LogP contribution in [0.3, 0.4) is 0 Å². The van der Waals surface area contributed by atoms with Gasteiger partial charge in [-0.2, -0.15) is 10.5 Å². The molecule has 1 aromatic rings. The van der Waals surface area contributed by atoms with Crippen LogP contribution in [-0.4, -0.2) is 0 Å². The van der Waals surface area contributed by atoms with Gasteiger partial charge in [0.15, 0.2) is 0 Å². The van der Waals surface area contributed by atoms with Gasteiger partial charge in [0.1, 0.15) is 5.92 Å². The second-order valence-corrected chi connectivity index (χ2v) is 4.50. The molecule has 0 saturated heterocycles. The normalized spacial score (nSPS) is 12.2. The van der Waals surface area contributed by atoms with E-state index in [0.29, 0.717) is 5.02 Å². The molecule has 3 heteroatoms. The Balaban J connectivity index is 3.14. The van der Waals surface area contributed by atoms with Crippen LogP contribution in [0.2, 0.25) is 5.02 Å². The maximum atomic E-state index is 8.97. The summed E-state index contributed by atoms with van der Waals surface area (Å²) in [5, 5.41) is 18.6. The molecule has 1 rings (SSSR count). The molecule has 0 fully saturated rings. The van der Waals surface area contributed by atoms with E-state index in [0.717, 1.165) is 5.56 Å². The Labute approximate surface area is 101 Å². The average Bonchev–Trinajstić information content (AvgIpc) is 2.24. The first-order valence-corrected chi connectivity index (χ1v) is 5.52. The van der Waals surface area contributed by atoms with Crippen molar-refractivity contribution in [1.29, 1.82) is 10.5 Å². The van der Waals surface area contributed by atoms with E-state index in [4.69, 9.17) is 22.1 Å². The SMILES string of the molecule is CC(C)C(c1cccc(Cl)c1)C(C#N)C#N. The fourth-order valence-electron chi connectivity index (χ4n) is 1.87. The molecule has 0 heterocycles. The minimum absolute atomic E-state index is 0.0892. The first-order chi connectivity index (χ1) is 7.60. The molecule has 0 aliphatic rings. The third-order valence-corrected chi connectivity index (χ3v) is 2.82. The number of rotatable bonds is 3. The van der Waals surface area contributed by atoms with Gasteiger partial charge in [-0.15, -0.1) is 0 Å². The summed E-state index contributed by atoms with van der Waals surface area (Å²) in [6.07, 6.45) is 0. The Kier molecular flexibility index (Phi) is 4.35. The van der Waals surface area contributed by atoms with Crippen LogP contribution >= 0.6 is 11.6 Å². The molecule has 16 heavy (non-hydrogen) atoms. The van der Waals surface area contributed by atoms with Crippen molar-refractivity contribution in [3.8, 4) is 12.1 Å². The lowest BCUT2D eigenvalue weighted by molar-refractivity contribution is 0.454. The third-order valence-electron chi connectivity index (χ3n) is 2.59. The Morgan fingerprint density at radius 3 is 2.25 bits per heavy atom. The molecule has 0 saturated carbocycles. The Morgan fingerprint density at radius 1 is 1.19 bits per heavy atom. The lowest BCUT2D eigenvalue weighted by Gasteiger charge is -2.21. The number of hydrogen-bond acceptors (Lipinski definition) is 2. The Bertz CT molecular complexity index is 426. The van der Waals surface area contributed by atoms with Gasteiger partial charge < -0.3 is 0 Å². The van der Waals surface area contributed by atoms with Crippen LogP contribution in [0.25, 0.3) is 0 Å². The van der Waals surface area contributed by atoms with Crippen molar-refractivity contribution < 1.29 is 0 Å². The summed E-state index contributed by atoms with van der Waals surface area (Å²) in [6.45, 7) is 4.01. The van der Waals surface area contributed by atoms with E-state index in [1.807, 2.05) is 44.2 Å². The number of benzene rings is 1. The van der Waals surface area contributed by atoms with Gasteiger partial charge in [-0.25, -0.2) is 0 Å². The zero-order valence-electron chi connectivity index (χ0n) is 9.31. The van der Waals surface area contributed by atoms with Crippen molar-refractivity contribution in [2.75, 3.05) is 0 Å². The van der Waals surface area contributed by atoms with Crippen LogP contribution in [-0.2, 0) is 0 Å². The second-order valence-electron chi connectivity index (χ2n) is 4.06. The highest BCUT2D eigenvalue weighted by Gasteiger charge is 2.26. The van der Waals surface area contributed by atoms with Crippen molar-refractivity contribution in [2.45, 2.75) is 19.8 Å². The van der Waals surface area contributed by atoms with Gasteiger partial charge in [-0.3, -0.25) is 0 Å². The van der Waals surface area contributed by atoms with Crippen molar-refractivity contribution in [3.05, 3.63) is 34.9 Å². The predicted molar refractivity (Wildman–Crippen MR) is 63.7 cm³/mol. The van der Waals surface area contributed by atoms with Crippen LogP contribution in [0.4, 0.5) is 0 Å². The summed E-state index contributed by atoms with van der Waals surface area (Å²) in [7, 11) is 0. The lowest BCUT2D eigenvalue weighted by Crippen LogP contribution is -2.15. The van der Waals surface area contributed by atoms with Crippen molar-refractivity contribution >= 4 is 11.6 Å². The molecular weight excluding hydrogens is 220 g/mol. The molecule has 1 unspecified atom stereocenters. The van der Waals surface area contributed by atoms with Crippen LogP contribution in [0.1, 0.15) is 25.3 Å². The highest BCUT2D eigenvalue weighted by atomic mass is 35.5. The zero-order chi connectivity index (χ0) is 12.1. The van der Waals surface area contributed by atoms with Gasteiger partial charge in [-0.1, -0.05) is 37.6 Å². The third kappa shape index (κ3) is 2.75. The van der Waals surface area contributed by atoms with Gasteiger partial charge in [0.25, 0.3) is 0 Å². The average molecular weight is 233 g/mol. The molecule has 0 aliphatic carbocycles. The minimum Gasteiger partial charge on any atom is -0.197 e. The highest BCUT2D eigenvalue weighted by Crippen LogP contribution is 2.32. The molecule has 0 aromatic heterocycles. The van der Waals surface area contributed by atoms with Crippen LogP contribution < -0.4 is 0 Å². The fraction of sp³-hybridized carbons (Fsp3) is 0.385. The first-order valence-electron chi connectivity index (χ1n) is 5.14. The van der Waals surface area contributed by atoms with Gasteiger partial charge >= 0.3 is 0 Å². The van der Waals surface area contributed by atoms with E-state index in [1.54, 1.807) is 6.07 Å². The van der Waals surface area contributed by atoms with Crippen molar-refractivity contribution in [2.24, 2.45) is 11.8 Å². The zero-order valence-corrected chi connectivity index (χ0v) is 10.1. The summed E-state index contributed by atoms with van der Waals surface area (Å²) in [4.78, 5) is 0. The number of nitriles is 2. The predicted octanol–water partition coefficient (Wildman–Crippen LogP) is 3.74. The largest absolute Gasteiger partial charge is 0.197 e. The van der Waals surface area contributed by atoms with Gasteiger partial charge in [0.05, 0.1) is 12.1 Å². The van der Waals surface area contributed by atoms with E-state index >= 15 is 0 Å². The van der Waals surface area contributed by atoms with Crippen LogP contribution in [0, 0.1) is 34.5 Å². The monoisotopic (exact) mass is 232 g/mol. The molecule has 2 nitrogen and oxygen atoms in total. The van der Waals surface area contributed by atoms with E-state index in [-0.39, 0.29) is 11.8 Å². The van der Waals surface area contributed by atoms with Gasteiger partial charge in [0.2, 0.25) is 0 Å². The Hall–Kier alpha value is -1.51. The maximum Gasteiger partial charge on any atom is 0.140 e. The Morgan fingerprint density at radius 2 is 1.81 bits per heavy atom. The molecule has 1 atom stereocenters. The molecule has 0 N–H and O–H groups in total. The van der Waals surface area contributed by atoms with Gasteiger partial charge in [0, 0.05) is 10.9 Å². The standard InChI is InChI=1S/C13H13ClN2/c1-9(2)13(11(7-15)8-16)10-4-3-5-12(14)6-10/h3-6,9,11,13H,1-2H3. The summed E-state index contributed by atoms with van der Waals surface area (Å²) < 4.78 is 0. The van der Waals surface area contributed by atoms with Gasteiger partial charge in [-0.05, 0) is 23.6 Å². The molecular formula is C13H13ClN2. The summed E-state index contributed by atoms with van der Waals surface area (Å²) in [5.41, 5.74) is 0.954. The highest BCUT2D eigenvalue weighted by molar-refractivity contribution is 6.30. The van der Waals surface area contributed by atoms with E-state index in [2.05, 4.69) is 0 Å². The smallest absolute Gasteiger partial charge is 0.140 e. The summed E-state index contributed by atoms with van der Waals surface area (Å²) in [5.74, 6) is -0.491. The number of halogens is 1. The van der Waals surface area contributed by atoms with Crippen LogP contribution in [0.5, 0.6) is 0 Å². The number of nitrogens with zero attached hydrogens (tertiary/aromatic N) is 2. The first kappa shape index (κ1) is 12.6. The summed E-state index contributed by atoms with van der Waals surface area (Å²) in [6, 6.07) is 11.5. The molecule has 82 valence electrons. The molecule has 0 radical (unpaired) electrons. The lowest BCUT2D eigenvalue weighted by atomic mass is 9.79. The molecule has 0 bridgehead atoms. The minimum atomic E-state index is -0.626. The van der Waals surface area contributed by atoms with Crippen molar-refractivity contribution in [3.63, 3.8) is 0 Å². The molecule has 0 aliphatic heterocycles. The van der Waals surface area contributed by atoms with E-state index in [1.165, 1.54) is 0 Å². The second kappa shape index (κ2) is 5.54. The van der Waals surface area contributed by atoms with Crippen molar-refractivity contribution in [1.82, 2.24) is 0 Å². The molecule has 0 spiro atoms. The fourth-order valence-corrected chi connectivity index (χ4v) is 2.06. The van der Waals surface area contributed by atoms with E-state index < -0.39 is 5.92 Å². The maximum absolute atomic E-state index is 8.97.